The predicted octanol–water partition coefficient (Wildman–Crippen LogP) is 2.88. The monoisotopic (exact) mass is 307 g/mol. The SMILES string of the molecule is CCOC(=O)[C@@H]1CCC(F)(F)[C@@H](NC(=O)OC(C)(C)C)C1. The highest BCUT2D eigenvalue weighted by Crippen LogP contribution is 2.37. The van der Waals surface area contributed by atoms with Crippen molar-refractivity contribution in [3.8, 4) is 0 Å². The molecule has 0 saturated heterocycles. The van der Waals surface area contributed by atoms with Gasteiger partial charge in [-0.1, -0.05) is 0 Å². The summed E-state index contributed by atoms with van der Waals surface area (Å²) < 4.78 is 37.6. The fourth-order valence-corrected chi connectivity index (χ4v) is 2.20. The first-order valence-electron chi connectivity index (χ1n) is 7.09. The molecule has 2 atom stereocenters. The lowest BCUT2D eigenvalue weighted by Crippen LogP contribution is -2.53. The van der Waals surface area contributed by atoms with E-state index in [1.165, 1.54) is 0 Å². The van der Waals surface area contributed by atoms with Gasteiger partial charge in [0.1, 0.15) is 5.60 Å². The van der Waals surface area contributed by atoms with E-state index in [1.54, 1.807) is 27.7 Å². The zero-order valence-electron chi connectivity index (χ0n) is 12.9. The molecule has 0 heterocycles. The van der Waals surface area contributed by atoms with Crippen LogP contribution in [0.3, 0.4) is 0 Å². The van der Waals surface area contributed by atoms with Gasteiger partial charge < -0.3 is 14.8 Å². The molecule has 1 amide bonds. The summed E-state index contributed by atoms with van der Waals surface area (Å²) >= 11 is 0. The number of halogens is 2. The summed E-state index contributed by atoms with van der Waals surface area (Å²) in [6, 6.07) is -1.42. The van der Waals surface area contributed by atoms with E-state index in [-0.39, 0.29) is 19.4 Å². The molecule has 0 aromatic rings. The molecule has 122 valence electrons. The fraction of sp³-hybridized carbons (Fsp3) is 0.857. The number of rotatable bonds is 3. The van der Waals surface area contributed by atoms with Gasteiger partial charge in [-0.25, -0.2) is 13.6 Å². The van der Waals surface area contributed by atoms with Gasteiger partial charge in [0.25, 0.3) is 5.92 Å². The molecular weight excluding hydrogens is 284 g/mol. The van der Waals surface area contributed by atoms with Crippen LogP contribution in [-0.4, -0.2) is 36.2 Å². The van der Waals surface area contributed by atoms with E-state index < -0.39 is 42.0 Å². The quantitative estimate of drug-likeness (QED) is 0.814. The maximum Gasteiger partial charge on any atom is 0.408 e. The fourth-order valence-electron chi connectivity index (χ4n) is 2.20. The number of esters is 1. The Hall–Kier alpha value is -1.40. The molecule has 0 aromatic heterocycles. The first kappa shape index (κ1) is 17.7. The molecule has 0 bridgehead atoms. The van der Waals surface area contributed by atoms with E-state index in [0.29, 0.717) is 0 Å². The van der Waals surface area contributed by atoms with E-state index in [2.05, 4.69) is 5.32 Å². The Morgan fingerprint density at radius 1 is 1.33 bits per heavy atom. The Morgan fingerprint density at radius 2 is 1.95 bits per heavy atom. The highest BCUT2D eigenvalue weighted by atomic mass is 19.3. The van der Waals surface area contributed by atoms with Gasteiger partial charge in [0.05, 0.1) is 18.6 Å². The first-order chi connectivity index (χ1) is 9.55. The normalized spacial score (nSPS) is 25.0. The van der Waals surface area contributed by atoms with Crippen LogP contribution in [0.5, 0.6) is 0 Å². The Morgan fingerprint density at radius 3 is 2.48 bits per heavy atom. The molecule has 0 spiro atoms. The average Bonchev–Trinajstić information content (AvgIpc) is 2.29. The third kappa shape index (κ3) is 5.47. The van der Waals surface area contributed by atoms with Crippen LogP contribution in [0.1, 0.15) is 47.0 Å². The van der Waals surface area contributed by atoms with Crippen molar-refractivity contribution in [1.82, 2.24) is 5.32 Å². The number of amides is 1. The number of alkyl carbamates (subject to hydrolysis) is 1. The van der Waals surface area contributed by atoms with E-state index in [1.807, 2.05) is 0 Å². The molecular formula is C14H23F2NO4. The molecule has 1 fully saturated rings. The van der Waals surface area contributed by atoms with Crippen LogP contribution >= 0.6 is 0 Å². The van der Waals surface area contributed by atoms with E-state index in [9.17, 15) is 18.4 Å². The zero-order valence-corrected chi connectivity index (χ0v) is 12.9. The van der Waals surface area contributed by atoms with Crippen LogP contribution in [0.2, 0.25) is 0 Å². The third-order valence-electron chi connectivity index (χ3n) is 3.17. The van der Waals surface area contributed by atoms with Crippen LogP contribution in [0, 0.1) is 5.92 Å². The molecule has 1 N–H and O–H groups in total. The lowest BCUT2D eigenvalue weighted by molar-refractivity contribution is -0.154. The molecule has 1 aliphatic carbocycles. The maximum atomic E-state index is 13.9. The molecule has 1 saturated carbocycles. The molecule has 7 heteroatoms. The molecule has 5 nitrogen and oxygen atoms in total. The predicted molar refractivity (Wildman–Crippen MR) is 72.1 cm³/mol. The average molecular weight is 307 g/mol. The van der Waals surface area contributed by atoms with E-state index in [4.69, 9.17) is 9.47 Å². The van der Waals surface area contributed by atoms with Gasteiger partial charge in [0.15, 0.2) is 0 Å². The molecule has 0 aromatic carbocycles. The number of nitrogens with one attached hydrogen (secondary N) is 1. The standard InChI is InChI=1S/C14H23F2NO4/c1-5-20-11(18)9-6-7-14(15,16)10(8-9)17-12(19)21-13(2,3)4/h9-10H,5-8H2,1-4H3,(H,17,19)/t9-,10+/m1/s1. The summed E-state index contributed by atoms with van der Waals surface area (Å²) in [6.07, 6.45) is -1.46. The second-order valence-electron chi connectivity index (χ2n) is 6.18. The van der Waals surface area contributed by atoms with Crippen LogP contribution in [-0.2, 0) is 14.3 Å². The van der Waals surface area contributed by atoms with Gasteiger partial charge in [-0.2, -0.15) is 0 Å². The minimum Gasteiger partial charge on any atom is -0.466 e. The second-order valence-corrected chi connectivity index (χ2v) is 6.18. The second kappa shape index (κ2) is 6.58. The van der Waals surface area contributed by atoms with E-state index >= 15 is 0 Å². The number of carbonyl (C=O) groups excluding carboxylic acids is 2. The zero-order chi connectivity index (χ0) is 16.3. The minimum atomic E-state index is -3.06. The molecule has 1 rings (SSSR count). The maximum absolute atomic E-state index is 13.9. The van der Waals surface area contributed by atoms with Crippen molar-refractivity contribution < 1.29 is 27.8 Å². The molecule has 0 radical (unpaired) electrons. The van der Waals surface area contributed by atoms with Gasteiger partial charge in [-0.3, -0.25) is 4.79 Å². The summed E-state index contributed by atoms with van der Waals surface area (Å²) in [6.45, 7) is 6.80. The van der Waals surface area contributed by atoms with Gasteiger partial charge >= 0.3 is 12.1 Å². The topological polar surface area (TPSA) is 64.6 Å². The number of ether oxygens (including phenoxy) is 2. The van der Waals surface area contributed by atoms with Crippen LogP contribution in [0.15, 0.2) is 0 Å². The highest BCUT2D eigenvalue weighted by molar-refractivity contribution is 5.73. The first-order valence-corrected chi connectivity index (χ1v) is 7.09. The number of hydrogen-bond donors (Lipinski definition) is 1. The van der Waals surface area contributed by atoms with Crippen molar-refractivity contribution in [3.63, 3.8) is 0 Å². The van der Waals surface area contributed by atoms with Gasteiger partial charge in [0, 0.05) is 6.42 Å². The van der Waals surface area contributed by atoms with Crippen LogP contribution < -0.4 is 5.32 Å². The van der Waals surface area contributed by atoms with Crippen LogP contribution in [0.25, 0.3) is 0 Å². The minimum absolute atomic E-state index is 0.0539. The summed E-state index contributed by atoms with van der Waals surface area (Å²) in [5.41, 5.74) is -0.769. The highest BCUT2D eigenvalue weighted by Gasteiger charge is 2.47. The summed E-state index contributed by atoms with van der Waals surface area (Å²) in [5.74, 6) is -4.17. The number of hydrogen-bond acceptors (Lipinski definition) is 4. The summed E-state index contributed by atoms with van der Waals surface area (Å²) in [7, 11) is 0. The van der Waals surface area contributed by atoms with E-state index in [0.717, 1.165) is 0 Å². The molecule has 1 aliphatic rings. The smallest absolute Gasteiger partial charge is 0.408 e. The van der Waals surface area contributed by atoms with Gasteiger partial charge in [-0.15, -0.1) is 0 Å². The Kier molecular flexibility index (Phi) is 5.53. The Labute approximate surface area is 123 Å². The molecule has 0 unspecified atom stereocenters. The van der Waals surface area contributed by atoms with Gasteiger partial charge in [-0.05, 0) is 40.5 Å². The number of carbonyl (C=O) groups is 2. The lowest BCUT2D eigenvalue weighted by Gasteiger charge is -2.35. The lowest BCUT2D eigenvalue weighted by atomic mass is 9.83. The molecule has 21 heavy (non-hydrogen) atoms. The van der Waals surface area contributed by atoms with Crippen molar-refractivity contribution in [2.75, 3.05) is 6.61 Å². The third-order valence-corrected chi connectivity index (χ3v) is 3.17. The largest absolute Gasteiger partial charge is 0.466 e. The van der Waals surface area contributed by atoms with Crippen molar-refractivity contribution >= 4 is 12.1 Å². The Bertz CT molecular complexity index is 393. The summed E-state index contributed by atoms with van der Waals surface area (Å²) in [4.78, 5) is 23.3. The number of alkyl halides is 2. The molecule has 0 aliphatic heterocycles. The van der Waals surface area contributed by atoms with Crippen molar-refractivity contribution in [1.29, 1.82) is 0 Å². The Balaban J connectivity index is 2.67. The van der Waals surface area contributed by atoms with Crippen molar-refractivity contribution in [3.05, 3.63) is 0 Å². The van der Waals surface area contributed by atoms with Crippen molar-refractivity contribution in [2.24, 2.45) is 5.92 Å². The van der Waals surface area contributed by atoms with Crippen molar-refractivity contribution in [2.45, 2.75) is 64.5 Å². The van der Waals surface area contributed by atoms with Crippen LogP contribution in [0.4, 0.5) is 13.6 Å². The summed E-state index contributed by atoms with van der Waals surface area (Å²) in [5, 5.41) is 2.17. The van der Waals surface area contributed by atoms with Gasteiger partial charge in [0.2, 0.25) is 0 Å².